The van der Waals surface area contributed by atoms with E-state index in [4.69, 9.17) is 4.74 Å². The summed E-state index contributed by atoms with van der Waals surface area (Å²) in [6.07, 6.45) is -0.0951. The second-order valence-electron chi connectivity index (χ2n) is 5.77. The second-order valence-corrected chi connectivity index (χ2v) is 5.77. The molecule has 2 aromatic rings. The van der Waals surface area contributed by atoms with Crippen molar-refractivity contribution in [3.8, 4) is 5.75 Å². The number of hydrogen-bond acceptors (Lipinski definition) is 4. The minimum absolute atomic E-state index is 0.236. The number of aryl methyl sites for hydroxylation is 2. The highest BCUT2D eigenvalue weighted by molar-refractivity contribution is 5.74. The van der Waals surface area contributed by atoms with Crippen LogP contribution >= 0.6 is 0 Å². The van der Waals surface area contributed by atoms with Crippen molar-refractivity contribution >= 4 is 5.97 Å². The van der Waals surface area contributed by atoms with E-state index in [0.29, 0.717) is 6.61 Å². The number of carbonyl (C=O) groups is 1. The number of aliphatic hydroxyl groups excluding tert-OH is 1. The van der Waals surface area contributed by atoms with E-state index in [1.54, 1.807) is 0 Å². The van der Waals surface area contributed by atoms with E-state index in [9.17, 15) is 9.90 Å². The zero-order valence-electron chi connectivity index (χ0n) is 14.4. The van der Waals surface area contributed by atoms with Gasteiger partial charge in [0, 0.05) is 6.42 Å². The normalized spacial score (nSPS) is 11.8. The Morgan fingerprint density at radius 3 is 2.50 bits per heavy atom. The lowest BCUT2D eigenvalue weighted by Crippen LogP contribution is -2.24. The van der Waals surface area contributed by atoms with Crippen molar-refractivity contribution in [3.63, 3.8) is 0 Å². The Morgan fingerprint density at radius 2 is 1.88 bits per heavy atom. The maximum Gasteiger partial charge on any atom is 0.335 e. The number of rotatable bonds is 7. The number of aliphatic hydroxyl groups is 1. The Bertz CT molecular complexity index is 680. The molecule has 0 saturated carbocycles. The van der Waals surface area contributed by atoms with Gasteiger partial charge in [0.2, 0.25) is 0 Å². The smallest absolute Gasteiger partial charge is 0.335 e. The first-order valence-corrected chi connectivity index (χ1v) is 8.10. The predicted molar refractivity (Wildman–Crippen MR) is 93.1 cm³/mol. The fourth-order valence-corrected chi connectivity index (χ4v) is 2.69. The average Bonchev–Trinajstić information content (AvgIpc) is 2.60. The van der Waals surface area contributed by atoms with Crippen molar-refractivity contribution in [1.29, 1.82) is 0 Å². The number of benzene rings is 2. The van der Waals surface area contributed by atoms with Gasteiger partial charge < -0.3 is 14.6 Å². The van der Waals surface area contributed by atoms with Crippen molar-refractivity contribution in [1.82, 2.24) is 0 Å². The van der Waals surface area contributed by atoms with Crippen LogP contribution in [0.3, 0.4) is 0 Å². The third kappa shape index (κ3) is 4.59. The molecule has 24 heavy (non-hydrogen) atoms. The van der Waals surface area contributed by atoms with Crippen LogP contribution in [-0.4, -0.2) is 24.3 Å². The number of carbonyl (C=O) groups excluding carboxylic acids is 1. The summed E-state index contributed by atoms with van der Waals surface area (Å²) in [5.41, 5.74) is 4.08. The van der Waals surface area contributed by atoms with E-state index < -0.39 is 12.1 Å². The number of methoxy groups -OCH3 is 1. The quantitative estimate of drug-likeness (QED) is 0.793. The second kappa shape index (κ2) is 8.50. The Kier molecular flexibility index (Phi) is 6.38. The standard InChI is InChI=1S/C20H24O4/c1-4-17-11-16(12-18(21)20(22)23-3)10-14(2)19(17)24-13-15-8-6-5-7-9-15/h5-11,18,21H,4,12-13H2,1-3H3. The van der Waals surface area contributed by atoms with Crippen LogP contribution in [0.5, 0.6) is 5.75 Å². The third-order valence-corrected chi connectivity index (χ3v) is 3.92. The van der Waals surface area contributed by atoms with E-state index in [-0.39, 0.29) is 6.42 Å². The van der Waals surface area contributed by atoms with Crippen molar-refractivity contribution in [2.24, 2.45) is 0 Å². The van der Waals surface area contributed by atoms with Gasteiger partial charge in [-0.2, -0.15) is 0 Å². The highest BCUT2D eigenvalue weighted by Crippen LogP contribution is 2.27. The summed E-state index contributed by atoms with van der Waals surface area (Å²) >= 11 is 0. The molecule has 0 aliphatic rings. The maximum atomic E-state index is 11.4. The molecule has 0 saturated heterocycles. The fraction of sp³-hybridized carbons (Fsp3) is 0.350. The molecule has 0 radical (unpaired) electrons. The summed E-state index contributed by atoms with van der Waals surface area (Å²) in [5.74, 6) is 0.257. The van der Waals surface area contributed by atoms with Crippen LogP contribution in [0.1, 0.15) is 29.2 Å². The Labute approximate surface area is 143 Å². The molecule has 4 heteroatoms. The van der Waals surface area contributed by atoms with Gasteiger partial charge in [0.15, 0.2) is 6.10 Å². The van der Waals surface area contributed by atoms with Gasteiger partial charge in [-0.1, -0.05) is 49.4 Å². The van der Waals surface area contributed by atoms with Gasteiger partial charge in [-0.05, 0) is 35.6 Å². The molecule has 1 atom stereocenters. The van der Waals surface area contributed by atoms with Crippen LogP contribution in [-0.2, 0) is 29.0 Å². The summed E-state index contributed by atoms with van der Waals surface area (Å²) in [7, 11) is 1.27. The molecule has 4 nitrogen and oxygen atoms in total. The highest BCUT2D eigenvalue weighted by atomic mass is 16.5. The molecule has 0 aromatic heterocycles. The fourth-order valence-electron chi connectivity index (χ4n) is 2.69. The zero-order chi connectivity index (χ0) is 17.5. The van der Waals surface area contributed by atoms with Gasteiger partial charge in [0.05, 0.1) is 7.11 Å². The molecule has 128 valence electrons. The molecule has 0 aliphatic carbocycles. The lowest BCUT2D eigenvalue weighted by atomic mass is 9.99. The van der Waals surface area contributed by atoms with Crippen LogP contribution in [0.4, 0.5) is 0 Å². The van der Waals surface area contributed by atoms with Crippen molar-refractivity contribution in [2.75, 3.05) is 7.11 Å². The van der Waals surface area contributed by atoms with E-state index in [0.717, 1.165) is 34.4 Å². The van der Waals surface area contributed by atoms with Crippen molar-refractivity contribution in [3.05, 3.63) is 64.7 Å². The number of ether oxygens (including phenoxy) is 2. The monoisotopic (exact) mass is 328 g/mol. The van der Waals surface area contributed by atoms with E-state index >= 15 is 0 Å². The van der Waals surface area contributed by atoms with Crippen LogP contribution < -0.4 is 4.74 Å². The molecular formula is C20H24O4. The lowest BCUT2D eigenvalue weighted by Gasteiger charge is -2.16. The topological polar surface area (TPSA) is 55.8 Å². The van der Waals surface area contributed by atoms with Gasteiger partial charge in [-0.15, -0.1) is 0 Å². The molecule has 2 rings (SSSR count). The molecule has 0 fully saturated rings. The molecule has 0 amide bonds. The summed E-state index contributed by atoms with van der Waals surface area (Å²) in [4.78, 5) is 11.4. The summed E-state index contributed by atoms with van der Waals surface area (Å²) in [6.45, 7) is 4.55. The van der Waals surface area contributed by atoms with Gasteiger partial charge in [0.25, 0.3) is 0 Å². The van der Waals surface area contributed by atoms with Gasteiger partial charge >= 0.3 is 5.97 Å². The maximum absolute atomic E-state index is 11.4. The molecule has 0 bridgehead atoms. The summed E-state index contributed by atoms with van der Waals surface area (Å²) in [6, 6.07) is 14.0. The largest absolute Gasteiger partial charge is 0.488 e. The van der Waals surface area contributed by atoms with Gasteiger partial charge in [-0.3, -0.25) is 0 Å². The van der Waals surface area contributed by atoms with Crippen LogP contribution in [0.25, 0.3) is 0 Å². The van der Waals surface area contributed by atoms with Gasteiger partial charge in [0.1, 0.15) is 12.4 Å². The Balaban J connectivity index is 2.16. The SMILES string of the molecule is CCc1cc(CC(O)C(=O)OC)cc(C)c1OCc1ccccc1. The average molecular weight is 328 g/mol. The molecule has 0 heterocycles. The Hall–Kier alpha value is -2.33. The first-order chi connectivity index (χ1) is 11.5. The molecule has 0 spiro atoms. The van der Waals surface area contributed by atoms with Crippen molar-refractivity contribution in [2.45, 2.75) is 39.4 Å². The molecule has 1 N–H and O–H groups in total. The van der Waals surface area contributed by atoms with Crippen LogP contribution in [0, 0.1) is 6.92 Å². The highest BCUT2D eigenvalue weighted by Gasteiger charge is 2.17. The predicted octanol–water partition coefficient (Wildman–Crippen LogP) is 3.21. The number of hydrogen-bond donors (Lipinski definition) is 1. The third-order valence-electron chi connectivity index (χ3n) is 3.92. The first-order valence-electron chi connectivity index (χ1n) is 8.10. The van der Waals surface area contributed by atoms with E-state index in [2.05, 4.69) is 11.7 Å². The minimum atomic E-state index is -1.14. The van der Waals surface area contributed by atoms with Crippen molar-refractivity contribution < 1.29 is 19.4 Å². The van der Waals surface area contributed by atoms with Crippen LogP contribution in [0.15, 0.2) is 42.5 Å². The van der Waals surface area contributed by atoms with Gasteiger partial charge in [-0.25, -0.2) is 4.79 Å². The molecular weight excluding hydrogens is 304 g/mol. The Morgan fingerprint density at radius 1 is 1.17 bits per heavy atom. The molecule has 0 aliphatic heterocycles. The van der Waals surface area contributed by atoms with E-state index in [1.807, 2.05) is 49.4 Å². The zero-order valence-corrected chi connectivity index (χ0v) is 14.4. The number of esters is 1. The summed E-state index contributed by atoms with van der Waals surface area (Å²) < 4.78 is 10.6. The summed E-state index contributed by atoms with van der Waals surface area (Å²) in [5, 5.41) is 9.84. The molecule has 2 aromatic carbocycles. The molecule has 1 unspecified atom stereocenters. The van der Waals surface area contributed by atoms with Crippen LogP contribution in [0.2, 0.25) is 0 Å². The lowest BCUT2D eigenvalue weighted by molar-refractivity contribution is -0.150. The minimum Gasteiger partial charge on any atom is -0.488 e. The first kappa shape index (κ1) is 18.0. The van der Waals surface area contributed by atoms with E-state index in [1.165, 1.54) is 7.11 Å².